The molecule has 6 nitrogen and oxygen atoms in total. The molecule has 3 aliphatic rings. The number of allylic oxidation sites excluding steroid dienone is 2. The van der Waals surface area contributed by atoms with E-state index in [0.717, 1.165) is 25.0 Å². The van der Waals surface area contributed by atoms with Gasteiger partial charge in [-0.25, -0.2) is 4.39 Å². The largest absolute Gasteiger partial charge is 0.380 e. The van der Waals surface area contributed by atoms with Crippen molar-refractivity contribution in [3.8, 4) is 6.07 Å². The Balaban J connectivity index is 1.49. The molecule has 1 aliphatic heterocycles. The van der Waals surface area contributed by atoms with Gasteiger partial charge in [0, 0.05) is 17.7 Å². The highest BCUT2D eigenvalue weighted by molar-refractivity contribution is 5.83. The first-order chi connectivity index (χ1) is 12.2. The van der Waals surface area contributed by atoms with Crippen molar-refractivity contribution in [2.75, 3.05) is 13.1 Å². The predicted octanol–water partition coefficient (Wildman–Crippen LogP) is 1.78. The fraction of sp³-hybridized carbons (Fsp3) is 0.737. The Labute approximate surface area is 153 Å². The average molecular weight is 362 g/mol. The second-order valence-electron chi connectivity index (χ2n) is 8.39. The molecule has 2 N–H and O–H groups in total. The van der Waals surface area contributed by atoms with Crippen molar-refractivity contribution in [1.82, 2.24) is 15.5 Å². The molecule has 1 heterocycles. The number of rotatable bonds is 5. The van der Waals surface area contributed by atoms with Gasteiger partial charge < -0.3 is 15.5 Å². The molecule has 1 saturated heterocycles. The lowest BCUT2D eigenvalue weighted by atomic mass is 9.77. The Morgan fingerprint density at radius 1 is 1.38 bits per heavy atom. The van der Waals surface area contributed by atoms with Crippen LogP contribution in [0.15, 0.2) is 11.8 Å². The summed E-state index contributed by atoms with van der Waals surface area (Å²) < 4.78 is 13.4. The molecule has 7 heteroatoms. The van der Waals surface area contributed by atoms with E-state index >= 15 is 0 Å². The summed E-state index contributed by atoms with van der Waals surface area (Å²) in [6.45, 7) is 4.10. The summed E-state index contributed by atoms with van der Waals surface area (Å²) in [6, 6.07) is 1.32. The van der Waals surface area contributed by atoms with Crippen LogP contribution in [-0.2, 0) is 9.59 Å². The monoisotopic (exact) mass is 362 g/mol. The van der Waals surface area contributed by atoms with Crippen molar-refractivity contribution < 1.29 is 14.0 Å². The molecule has 0 spiro atoms. The minimum atomic E-state index is -1.12. The Morgan fingerprint density at radius 3 is 2.69 bits per heavy atom. The van der Waals surface area contributed by atoms with Gasteiger partial charge in [-0.1, -0.05) is 13.0 Å². The van der Waals surface area contributed by atoms with Gasteiger partial charge >= 0.3 is 0 Å². The molecule has 142 valence electrons. The average Bonchev–Trinajstić information content (AvgIpc) is 3.20. The Kier molecular flexibility index (Phi) is 4.96. The smallest absolute Gasteiger partial charge is 0.243 e. The maximum atomic E-state index is 13.4. The highest BCUT2D eigenvalue weighted by Crippen LogP contribution is 2.39. The minimum absolute atomic E-state index is 0.00516. The summed E-state index contributed by atoms with van der Waals surface area (Å²) >= 11 is 0. The van der Waals surface area contributed by atoms with Crippen LogP contribution in [0.5, 0.6) is 0 Å². The predicted molar refractivity (Wildman–Crippen MR) is 94.5 cm³/mol. The normalized spacial score (nSPS) is 32.4. The molecule has 0 radical (unpaired) electrons. The lowest BCUT2D eigenvalue weighted by Gasteiger charge is -2.33. The van der Waals surface area contributed by atoms with Crippen LogP contribution in [0.2, 0.25) is 0 Å². The number of nitrogens with one attached hydrogen (secondary N) is 2. The van der Waals surface area contributed by atoms with Crippen LogP contribution in [0.3, 0.4) is 0 Å². The fourth-order valence-corrected chi connectivity index (χ4v) is 3.54. The van der Waals surface area contributed by atoms with Crippen LogP contribution < -0.4 is 10.6 Å². The zero-order valence-electron chi connectivity index (χ0n) is 15.5. The third kappa shape index (κ3) is 4.00. The standard InChI is InChI=1S/C19H27FN4O2/c1-18(17(26)23-19(2)7-8-19)5-3-14(4-6-18)22-11-16(25)24-12-13(20)9-15(24)10-21/h3,13,15,22H,4-9,11-12H2,1-2H3,(H,23,26)/t13-,15-,18?/m0/s1. The molecule has 3 atom stereocenters. The first-order valence-electron chi connectivity index (χ1n) is 9.33. The van der Waals surface area contributed by atoms with Gasteiger partial charge in [-0.2, -0.15) is 5.26 Å². The van der Waals surface area contributed by atoms with Gasteiger partial charge in [-0.15, -0.1) is 0 Å². The van der Waals surface area contributed by atoms with Crippen molar-refractivity contribution in [3.63, 3.8) is 0 Å². The van der Waals surface area contributed by atoms with Crippen molar-refractivity contribution in [2.45, 2.75) is 70.1 Å². The summed E-state index contributed by atoms with van der Waals surface area (Å²) in [5.41, 5.74) is 0.504. The van der Waals surface area contributed by atoms with Crippen molar-refractivity contribution in [2.24, 2.45) is 5.41 Å². The third-order valence-electron chi connectivity index (χ3n) is 5.89. The van der Waals surface area contributed by atoms with E-state index in [4.69, 9.17) is 5.26 Å². The fourth-order valence-electron chi connectivity index (χ4n) is 3.54. The Hall–Kier alpha value is -2.10. The number of alkyl halides is 1. The molecule has 2 fully saturated rings. The maximum Gasteiger partial charge on any atom is 0.243 e. The molecular formula is C19H27FN4O2. The molecule has 0 aromatic carbocycles. The molecule has 1 unspecified atom stereocenters. The Morgan fingerprint density at radius 2 is 2.12 bits per heavy atom. The minimum Gasteiger partial charge on any atom is -0.380 e. The van der Waals surface area contributed by atoms with E-state index in [2.05, 4.69) is 17.6 Å². The summed E-state index contributed by atoms with van der Waals surface area (Å²) in [7, 11) is 0. The van der Waals surface area contributed by atoms with Gasteiger partial charge in [0.1, 0.15) is 12.2 Å². The van der Waals surface area contributed by atoms with Crippen molar-refractivity contribution >= 4 is 11.8 Å². The van der Waals surface area contributed by atoms with Gasteiger partial charge in [0.05, 0.1) is 24.6 Å². The van der Waals surface area contributed by atoms with Gasteiger partial charge in [0.2, 0.25) is 11.8 Å². The second kappa shape index (κ2) is 6.90. The SMILES string of the molecule is CC1(NC(=O)C2(C)CC=C(NCC(=O)N3C[C@@H](F)C[C@H]3C#N)CC2)CC1. The third-order valence-corrected chi connectivity index (χ3v) is 5.89. The van der Waals surface area contributed by atoms with E-state index in [0.29, 0.717) is 12.8 Å². The van der Waals surface area contributed by atoms with E-state index < -0.39 is 17.6 Å². The van der Waals surface area contributed by atoms with Crippen LogP contribution in [0.25, 0.3) is 0 Å². The lowest BCUT2D eigenvalue weighted by molar-refractivity contribution is -0.132. The van der Waals surface area contributed by atoms with E-state index in [1.165, 1.54) is 4.90 Å². The van der Waals surface area contributed by atoms with E-state index in [1.54, 1.807) is 0 Å². The first kappa shape index (κ1) is 18.7. The van der Waals surface area contributed by atoms with Crippen LogP contribution >= 0.6 is 0 Å². The molecule has 0 aromatic rings. The number of halogens is 1. The molecule has 26 heavy (non-hydrogen) atoms. The van der Waals surface area contributed by atoms with Crippen molar-refractivity contribution in [1.29, 1.82) is 5.26 Å². The van der Waals surface area contributed by atoms with Gasteiger partial charge in [-0.05, 0) is 39.0 Å². The van der Waals surface area contributed by atoms with Crippen molar-refractivity contribution in [3.05, 3.63) is 11.8 Å². The summed E-state index contributed by atoms with van der Waals surface area (Å²) in [4.78, 5) is 26.1. The zero-order valence-corrected chi connectivity index (χ0v) is 15.5. The molecule has 1 saturated carbocycles. The summed E-state index contributed by atoms with van der Waals surface area (Å²) in [5.74, 6) is -0.155. The Bertz CT molecular complexity index is 667. The number of amides is 2. The number of carbonyl (C=O) groups is 2. The molecule has 3 rings (SSSR count). The number of nitriles is 1. The second-order valence-corrected chi connectivity index (χ2v) is 8.39. The van der Waals surface area contributed by atoms with Crippen LogP contribution in [0.4, 0.5) is 4.39 Å². The van der Waals surface area contributed by atoms with Crippen LogP contribution in [0, 0.1) is 16.7 Å². The van der Waals surface area contributed by atoms with Gasteiger partial charge in [0.15, 0.2) is 0 Å². The first-order valence-corrected chi connectivity index (χ1v) is 9.33. The molecule has 0 aromatic heterocycles. The highest BCUT2D eigenvalue weighted by atomic mass is 19.1. The molecule has 2 aliphatic carbocycles. The van der Waals surface area contributed by atoms with E-state index in [-0.39, 0.29) is 36.9 Å². The summed E-state index contributed by atoms with van der Waals surface area (Å²) in [5, 5.41) is 15.3. The topological polar surface area (TPSA) is 85.2 Å². The van der Waals surface area contributed by atoms with Gasteiger partial charge in [0.25, 0.3) is 0 Å². The molecule has 2 amide bonds. The summed E-state index contributed by atoms with van der Waals surface area (Å²) in [6.07, 6.45) is 5.08. The number of hydrogen-bond acceptors (Lipinski definition) is 4. The lowest BCUT2D eigenvalue weighted by Crippen LogP contribution is -2.45. The quantitative estimate of drug-likeness (QED) is 0.781. The number of likely N-dealkylation sites (tertiary alicyclic amines) is 1. The zero-order chi connectivity index (χ0) is 18.9. The van der Waals surface area contributed by atoms with Gasteiger partial charge in [-0.3, -0.25) is 9.59 Å². The van der Waals surface area contributed by atoms with E-state index in [9.17, 15) is 14.0 Å². The number of carbonyl (C=O) groups excluding carboxylic acids is 2. The molecule has 0 bridgehead atoms. The van der Waals surface area contributed by atoms with Crippen LogP contribution in [-0.4, -0.2) is 47.6 Å². The number of nitrogens with zero attached hydrogens (tertiary/aromatic N) is 2. The molecular weight excluding hydrogens is 335 g/mol. The highest BCUT2D eigenvalue weighted by Gasteiger charge is 2.43. The van der Waals surface area contributed by atoms with Crippen LogP contribution in [0.1, 0.15) is 52.4 Å². The maximum absolute atomic E-state index is 13.4. The number of hydrogen-bond donors (Lipinski definition) is 2. The van der Waals surface area contributed by atoms with E-state index in [1.807, 2.05) is 19.1 Å².